The number of amides is 5. The second-order valence-electron chi connectivity index (χ2n) is 10.1. The third kappa shape index (κ3) is 7.38. The number of nitrogens with one attached hydrogen (secondary N) is 2. The highest BCUT2D eigenvalue weighted by molar-refractivity contribution is 5.91. The molecule has 0 radical (unpaired) electrons. The number of alkyl carbamates (subject to hydrolysis) is 1. The highest BCUT2D eigenvalue weighted by atomic mass is 16.5. The zero-order valence-electron chi connectivity index (χ0n) is 24.0. The molecule has 0 spiro atoms. The summed E-state index contributed by atoms with van der Waals surface area (Å²) >= 11 is 0. The number of hydrazine groups is 1. The fourth-order valence-corrected chi connectivity index (χ4v) is 5.20. The average Bonchev–Trinajstić information content (AvgIpc) is 2.99. The first kappa shape index (κ1) is 30.4. The van der Waals surface area contributed by atoms with Crippen molar-refractivity contribution in [3.05, 3.63) is 78.4 Å². The molecular formula is C30H38N6O6. The number of benzene rings is 2. The summed E-state index contributed by atoms with van der Waals surface area (Å²) in [4.78, 5) is 55.8. The van der Waals surface area contributed by atoms with E-state index in [4.69, 9.17) is 9.47 Å². The van der Waals surface area contributed by atoms with Crippen LogP contribution in [0.3, 0.4) is 0 Å². The Morgan fingerprint density at radius 1 is 1.05 bits per heavy atom. The number of fused-ring (bicyclic) bond motifs is 1. The smallest absolute Gasteiger partial charge is 0.407 e. The molecule has 0 saturated carbocycles. The number of rotatable bonds is 11. The summed E-state index contributed by atoms with van der Waals surface area (Å²) in [6.45, 7) is 4.58. The number of nitrogens with zero attached hydrogens (tertiary/aromatic N) is 4. The Morgan fingerprint density at radius 2 is 1.79 bits per heavy atom. The number of likely N-dealkylation sites (N-methyl/N-ethyl adjacent to an activating group) is 1. The number of methoxy groups -OCH3 is 1. The van der Waals surface area contributed by atoms with Crippen molar-refractivity contribution in [3.8, 4) is 5.75 Å². The molecule has 2 heterocycles. The van der Waals surface area contributed by atoms with Crippen LogP contribution in [0.5, 0.6) is 5.75 Å². The van der Waals surface area contributed by atoms with Gasteiger partial charge in [0.1, 0.15) is 24.6 Å². The fourth-order valence-electron chi connectivity index (χ4n) is 5.20. The molecule has 224 valence electrons. The molecule has 4 rings (SSSR count). The van der Waals surface area contributed by atoms with Gasteiger partial charge in [0.15, 0.2) is 0 Å². The van der Waals surface area contributed by atoms with Crippen LogP contribution >= 0.6 is 0 Å². The van der Waals surface area contributed by atoms with Gasteiger partial charge in [-0.3, -0.25) is 9.59 Å². The Bertz CT molecular complexity index is 1260. The lowest BCUT2D eigenvalue weighted by atomic mass is 10.0. The number of urea groups is 1. The summed E-state index contributed by atoms with van der Waals surface area (Å²) in [5, 5.41) is 8.72. The van der Waals surface area contributed by atoms with E-state index >= 15 is 0 Å². The van der Waals surface area contributed by atoms with Gasteiger partial charge in [-0.05, 0) is 36.1 Å². The molecule has 12 nitrogen and oxygen atoms in total. The van der Waals surface area contributed by atoms with Crippen LogP contribution in [-0.4, -0.2) is 96.4 Å². The standard InChI is InChI=1S/C30H38N6O6/c1-4-17-42-30(40)31-16-8-11-25-28(38)34(19-23-9-6-5-7-10-23)20-26-35(25)27(37)21-33(2)36(26)29(39)32-18-22-12-14-24(41-3)15-13-22/h4-7,9-10,12-15,25-26H,1,8,11,16-21H2,2-3H3,(H,31,40)(H,32,39)/t25-,26?/m0/s1. The summed E-state index contributed by atoms with van der Waals surface area (Å²) in [5.74, 6) is 0.286. The van der Waals surface area contributed by atoms with E-state index in [9.17, 15) is 19.2 Å². The number of hydrogen-bond donors (Lipinski definition) is 2. The van der Waals surface area contributed by atoms with Crippen LogP contribution in [0.2, 0.25) is 0 Å². The van der Waals surface area contributed by atoms with Crippen molar-refractivity contribution in [3.63, 3.8) is 0 Å². The molecule has 5 amide bonds. The maximum atomic E-state index is 13.8. The van der Waals surface area contributed by atoms with Crippen molar-refractivity contribution >= 4 is 23.9 Å². The van der Waals surface area contributed by atoms with E-state index in [1.165, 1.54) is 16.0 Å². The van der Waals surface area contributed by atoms with Crippen LogP contribution in [0.25, 0.3) is 0 Å². The average molecular weight is 579 g/mol. The Kier molecular flexibility index (Phi) is 10.4. The van der Waals surface area contributed by atoms with Crippen LogP contribution in [0.1, 0.15) is 24.0 Å². The maximum absolute atomic E-state index is 13.8. The van der Waals surface area contributed by atoms with Gasteiger partial charge in [0.05, 0.1) is 20.2 Å². The van der Waals surface area contributed by atoms with Crippen molar-refractivity contribution in [2.75, 3.05) is 40.4 Å². The second kappa shape index (κ2) is 14.4. The Hall–Kier alpha value is -4.58. The van der Waals surface area contributed by atoms with Gasteiger partial charge in [-0.1, -0.05) is 55.1 Å². The fraction of sp³-hybridized carbons (Fsp3) is 0.400. The monoisotopic (exact) mass is 578 g/mol. The van der Waals surface area contributed by atoms with E-state index < -0.39 is 18.3 Å². The molecule has 2 atom stereocenters. The van der Waals surface area contributed by atoms with Crippen LogP contribution < -0.4 is 15.4 Å². The van der Waals surface area contributed by atoms with Gasteiger partial charge in [-0.25, -0.2) is 19.6 Å². The molecule has 0 aromatic heterocycles. The van der Waals surface area contributed by atoms with Crippen LogP contribution in [0.15, 0.2) is 67.3 Å². The number of carbonyl (C=O) groups is 4. The second-order valence-corrected chi connectivity index (χ2v) is 10.1. The minimum atomic E-state index is -0.795. The number of ether oxygens (including phenoxy) is 2. The lowest BCUT2D eigenvalue weighted by molar-refractivity contribution is -0.188. The van der Waals surface area contributed by atoms with Crippen molar-refractivity contribution in [2.24, 2.45) is 0 Å². The SMILES string of the molecule is C=CCOC(=O)NCCC[C@H]1C(=O)N(Cc2ccccc2)CC2N1C(=O)CN(C)N2C(=O)NCc1ccc(OC)cc1. The molecule has 12 heteroatoms. The number of piperazine rings is 1. The van der Waals surface area contributed by atoms with Gasteiger partial charge < -0.3 is 29.9 Å². The van der Waals surface area contributed by atoms with Crippen molar-refractivity contribution < 1.29 is 28.7 Å². The quantitative estimate of drug-likeness (QED) is 0.310. The van der Waals surface area contributed by atoms with Crippen molar-refractivity contribution in [2.45, 2.75) is 38.1 Å². The first-order valence-corrected chi connectivity index (χ1v) is 13.9. The Balaban J connectivity index is 1.52. The molecule has 42 heavy (non-hydrogen) atoms. The van der Waals surface area contributed by atoms with Gasteiger partial charge in [0.2, 0.25) is 11.8 Å². The number of hydrogen-bond acceptors (Lipinski definition) is 7. The van der Waals surface area contributed by atoms with Gasteiger partial charge in [0, 0.05) is 26.7 Å². The normalized spacial score (nSPS) is 18.8. The first-order chi connectivity index (χ1) is 20.3. The van der Waals surface area contributed by atoms with Gasteiger partial charge in [0.25, 0.3) is 0 Å². The van der Waals surface area contributed by atoms with Crippen LogP contribution in [0, 0.1) is 0 Å². The molecule has 2 aromatic rings. The zero-order chi connectivity index (χ0) is 30.1. The van der Waals surface area contributed by atoms with Gasteiger partial charge >= 0.3 is 12.1 Å². The molecule has 2 aliphatic rings. The minimum Gasteiger partial charge on any atom is -0.497 e. The van der Waals surface area contributed by atoms with E-state index in [0.29, 0.717) is 19.4 Å². The van der Waals surface area contributed by atoms with E-state index in [1.54, 1.807) is 24.1 Å². The third-order valence-electron chi connectivity index (χ3n) is 7.22. The predicted molar refractivity (Wildman–Crippen MR) is 155 cm³/mol. The molecule has 2 aromatic carbocycles. The highest BCUT2D eigenvalue weighted by Crippen LogP contribution is 2.29. The van der Waals surface area contributed by atoms with Gasteiger partial charge in [-0.2, -0.15) is 0 Å². The molecule has 0 bridgehead atoms. The van der Waals surface area contributed by atoms with E-state index in [-0.39, 0.29) is 50.6 Å². The molecule has 2 fully saturated rings. The Morgan fingerprint density at radius 3 is 2.48 bits per heavy atom. The zero-order valence-corrected chi connectivity index (χ0v) is 24.0. The van der Waals surface area contributed by atoms with E-state index in [0.717, 1.165) is 16.9 Å². The van der Waals surface area contributed by atoms with Crippen LogP contribution in [0.4, 0.5) is 9.59 Å². The number of carbonyl (C=O) groups excluding carboxylic acids is 4. The lowest BCUT2D eigenvalue weighted by Gasteiger charge is -2.54. The van der Waals surface area contributed by atoms with Gasteiger partial charge in [-0.15, -0.1) is 0 Å². The van der Waals surface area contributed by atoms with E-state index in [1.807, 2.05) is 54.6 Å². The van der Waals surface area contributed by atoms with Crippen molar-refractivity contribution in [1.29, 1.82) is 0 Å². The lowest BCUT2D eigenvalue weighted by Crippen LogP contribution is -2.75. The molecular weight excluding hydrogens is 540 g/mol. The summed E-state index contributed by atoms with van der Waals surface area (Å²) in [5.41, 5.74) is 1.83. The largest absolute Gasteiger partial charge is 0.497 e. The molecule has 2 saturated heterocycles. The Labute approximate surface area is 245 Å². The summed E-state index contributed by atoms with van der Waals surface area (Å²) in [6.07, 6.45) is 0.918. The minimum absolute atomic E-state index is 0.0545. The predicted octanol–water partition coefficient (Wildman–Crippen LogP) is 2.33. The van der Waals surface area contributed by atoms with E-state index in [2.05, 4.69) is 17.2 Å². The van der Waals surface area contributed by atoms with Crippen LogP contribution in [-0.2, 0) is 27.4 Å². The molecule has 2 N–H and O–H groups in total. The summed E-state index contributed by atoms with van der Waals surface area (Å²) < 4.78 is 10.1. The highest BCUT2D eigenvalue weighted by Gasteiger charge is 2.50. The molecule has 0 aliphatic carbocycles. The molecule has 2 aliphatic heterocycles. The van der Waals surface area contributed by atoms with Crippen molar-refractivity contribution in [1.82, 2.24) is 30.5 Å². The third-order valence-corrected chi connectivity index (χ3v) is 7.22. The topological polar surface area (TPSA) is 124 Å². The molecule has 1 unspecified atom stereocenters. The first-order valence-electron chi connectivity index (χ1n) is 13.9. The maximum Gasteiger partial charge on any atom is 0.407 e. The summed E-state index contributed by atoms with van der Waals surface area (Å²) in [6, 6.07) is 15.8. The summed E-state index contributed by atoms with van der Waals surface area (Å²) in [7, 11) is 3.28.